The van der Waals surface area contributed by atoms with Crippen molar-refractivity contribution in [2.75, 3.05) is 32.8 Å². The second-order valence-corrected chi connectivity index (χ2v) is 32.9. The number of aliphatic carboxylic acids is 1. The van der Waals surface area contributed by atoms with Crippen molar-refractivity contribution in [3.8, 4) is 11.5 Å². The Morgan fingerprint density at radius 1 is 0.538 bits per heavy atom. The Hall–Kier alpha value is -3.71. The summed E-state index contributed by atoms with van der Waals surface area (Å²) in [6.45, 7) is 22.8. The first-order valence-corrected chi connectivity index (χ1v) is 32.0. The molecule has 0 radical (unpaired) electrons. The number of rotatable bonds is 13. The summed E-state index contributed by atoms with van der Waals surface area (Å²) in [5.74, 6) is 1.23. The van der Waals surface area contributed by atoms with E-state index in [1.54, 1.807) is 0 Å². The number of nitrogens with zero attached hydrogens (tertiary/aromatic N) is 2. The maximum Gasteiger partial charge on any atom is 0.309 e. The van der Waals surface area contributed by atoms with E-state index in [4.69, 9.17) is 14.2 Å². The lowest BCUT2D eigenvalue weighted by atomic mass is 9.96. The van der Waals surface area contributed by atoms with E-state index in [0.29, 0.717) is 18.8 Å². The Kier molecular flexibility index (Phi) is 17.8. The first-order valence-electron chi connectivity index (χ1n) is 24.8. The van der Waals surface area contributed by atoms with Gasteiger partial charge in [0.25, 0.3) is 0 Å². The minimum absolute atomic E-state index is 0. The largest absolute Gasteiger partial charge is 0.490 e. The van der Waals surface area contributed by atoms with Crippen molar-refractivity contribution < 1.29 is 28.9 Å². The fourth-order valence-electron chi connectivity index (χ4n) is 10.8. The van der Waals surface area contributed by atoms with E-state index in [1.165, 1.54) is 84.0 Å². The number of ether oxygens (including phenoxy) is 3. The van der Waals surface area contributed by atoms with Gasteiger partial charge in [0.1, 0.15) is 11.5 Å². The van der Waals surface area contributed by atoms with Crippen LogP contribution in [0.4, 0.5) is 0 Å². The average Bonchev–Trinajstić information content (AvgIpc) is 3.27. The van der Waals surface area contributed by atoms with Crippen LogP contribution in [-0.4, -0.2) is 88.0 Å². The van der Waals surface area contributed by atoms with Crippen LogP contribution >= 0.6 is 0 Å². The van der Waals surface area contributed by atoms with Gasteiger partial charge in [-0.3, -0.25) is 19.4 Å². The lowest BCUT2D eigenvalue weighted by molar-refractivity contribution is -0.149. The van der Waals surface area contributed by atoms with Gasteiger partial charge in [-0.15, -0.1) is 0 Å². The highest BCUT2D eigenvalue weighted by atomic mass is 28.3. The first-order chi connectivity index (χ1) is 30.6. The van der Waals surface area contributed by atoms with E-state index < -0.39 is 22.1 Å². The third kappa shape index (κ3) is 14.4. The fourth-order valence-corrected chi connectivity index (χ4v) is 14.9. The van der Waals surface area contributed by atoms with E-state index in [-0.39, 0.29) is 25.2 Å². The Morgan fingerprint density at radius 2 is 0.908 bits per heavy atom. The predicted octanol–water partition coefficient (Wildman–Crippen LogP) is 13.4. The molecule has 0 unspecified atom stereocenters. The highest BCUT2D eigenvalue weighted by Gasteiger charge is 2.33. The molecule has 8 rings (SSSR count). The maximum absolute atomic E-state index is 12.0. The van der Waals surface area contributed by atoms with Gasteiger partial charge < -0.3 is 19.3 Å². The van der Waals surface area contributed by atoms with Crippen molar-refractivity contribution in [1.29, 1.82) is 0 Å². The molecule has 1 N–H and O–H groups in total. The third-order valence-corrected chi connectivity index (χ3v) is 21.2. The van der Waals surface area contributed by atoms with Crippen LogP contribution in [0, 0.1) is 11.8 Å². The van der Waals surface area contributed by atoms with E-state index in [9.17, 15) is 14.7 Å². The molecule has 8 nitrogen and oxygen atoms in total. The molecule has 65 heavy (non-hydrogen) atoms. The van der Waals surface area contributed by atoms with Crippen LogP contribution < -0.4 is 9.47 Å². The minimum Gasteiger partial charge on any atom is -0.490 e. The number of fused-ring (bicyclic) bond motifs is 2. The van der Waals surface area contributed by atoms with Gasteiger partial charge in [-0.25, -0.2) is 0 Å². The van der Waals surface area contributed by atoms with Crippen LogP contribution in [0.15, 0.2) is 72.8 Å². The molecule has 0 amide bonds. The van der Waals surface area contributed by atoms with Crippen LogP contribution in [0.5, 0.6) is 11.5 Å². The molecule has 2 saturated carbocycles. The third-order valence-electron chi connectivity index (χ3n) is 15.1. The number of piperidine rings is 2. The van der Waals surface area contributed by atoms with Gasteiger partial charge in [0, 0.05) is 29.2 Å². The number of carboxylic acid groups (broad SMARTS) is 1. The molecule has 10 heteroatoms. The van der Waals surface area contributed by atoms with E-state index in [2.05, 4.69) is 122 Å². The molecule has 4 aromatic rings. The van der Waals surface area contributed by atoms with Crippen LogP contribution in [0.1, 0.15) is 103 Å². The summed E-state index contributed by atoms with van der Waals surface area (Å²) in [5.41, 5.74) is 4.51. The van der Waals surface area contributed by atoms with Crippen molar-refractivity contribution >= 4 is 49.6 Å². The van der Waals surface area contributed by atoms with Crippen LogP contribution in [-0.2, 0) is 27.4 Å². The summed E-state index contributed by atoms with van der Waals surface area (Å²) in [5, 5.41) is 14.2. The van der Waals surface area contributed by atoms with Crippen molar-refractivity contribution in [2.45, 2.75) is 167 Å². The van der Waals surface area contributed by atoms with E-state index in [0.717, 1.165) is 87.5 Å². The standard InChI is InChI=1S/C28H41NO3Si.C26H37NO3Si.CH4/c1-5-31-28(30)22-14-16-29(17-15-22)20-21-6-7-24-19-26(9-8-23(24)18-21)32-25-10-12-27(13-11-25)33(2,3)4;1-31(2,3)25-10-8-23(9-11-25)30-24-7-6-21-16-19(4-5-22(21)17-24)18-27-14-12-20(13-15-27)26(28)29;/h6-9,18-19,22,25,27H,5,10-17,20H2,1-4H3;4-7,16-17,20,23,25H,8-15,18H2,1-3H3,(H,28,29);1H4. The molecule has 4 aliphatic rings. The molecule has 4 aromatic carbocycles. The number of carbonyl (C=O) groups is 2. The van der Waals surface area contributed by atoms with Gasteiger partial charge in [0.2, 0.25) is 0 Å². The molecule has 2 saturated heterocycles. The van der Waals surface area contributed by atoms with Crippen molar-refractivity contribution in [2.24, 2.45) is 11.8 Å². The molecule has 2 heterocycles. The zero-order valence-electron chi connectivity index (χ0n) is 40.2. The summed E-state index contributed by atoms with van der Waals surface area (Å²) < 4.78 is 17.9. The number of hydrogen-bond acceptors (Lipinski definition) is 7. The number of carbonyl (C=O) groups excluding carboxylic acids is 1. The molecular weight excluding hydrogens is 841 g/mol. The second-order valence-electron chi connectivity index (χ2n) is 21.8. The summed E-state index contributed by atoms with van der Waals surface area (Å²) in [6.07, 6.45) is 14.1. The minimum atomic E-state index is -1.03. The van der Waals surface area contributed by atoms with Gasteiger partial charge in [-0.2, -0.15) is 0 Å². The Morgan fingerprint density at radius 3 is 1.28 bits per heavy atom. The van der Waals surface area contributed by atoms with E-state index in [1.807, 2.05) is 6.92 Å². The average molecular weight is 923 g/mol. The van der Waals surface area contributed by atoms with Gasteiger partial charge in [-0.05, 0) is 190 Å². The summed E-state index contributed by atoms with van der Waals surface area (Å²) in [6, 6.07) is 26.5. The Balaban J connectivity index is 0.000000212. The smallest absolute Gasteiger partial charge is 0.309 e. The highest BCUT2D eigenvalue weighted by molar-refractivity contribution is 6.77. The SMILES string of the molecule is C.CCOC(=O)C1CCN(Cc2ccc3cc(OC4CCC([Si](C)(C)C)CC4)ccc3c2)CC1.C[Si](C)(C)C1CCC(Oc2ccc3cc(CN4CCC(C(=O)O)CC4)ccc3c2)CC1. The molecule has 2 aliphatic carbocycles. The zero-order valence-corrected chi connectivity index (χ0v) is 42.2. The summed E-state index contributed by atoms with van der Waals surface area (Å²) in [4.78, 5) is 27.9. The van der Waals surface area contributed by atoms with Crippen molar-refractivity contribution in [3.63, 3.8) is 0 Å². The predicted molar refractivity (Wildman–Crippen MR) is 275 cm³/mol. The molecule has 0 spiro atoms. The van der Waals surface area contributed by atoms with Gasteiger partial charge in [-0.1, -0.05) is 83.1 Å². The number of benzene rings is 4. The number of hydrogen-bond donors (Lipinski definition) is 1. The molecule has 0 aromatic heterocycles. The molecule has 4 fully saturated rings. The first kappa shape index (κ1) is 50.7. The quantitative estimate of drug-likeness (QED) is 0.105. The molecule has 0 atom stereocenters. The summed E-state index contributed by atoms with van der Waals surface area (Å²) in [7, 11) is -2.06. The number of esters is 1. The van der Waals surface area contributed by atoms with Crippen LogP contribution in [0.3, 0.4) is 0 Å². The molecule has 356 valence electrons. The summed E-state index contributed by atoms with van der Waals surface area (Å²) >= 11 is 0. The number of likely N-dealkylation sites (tertiary alicyclic amines) is 2. The van der Waals surface area contributed by atoms with Gasteiger partial charge >= 0.3 is 11.9 Å². The fraction of sp³-hybridized carbons (Fsp3) is 0.600. The molecule has 2 aliphatic heterocycles. The number of carboxylic acids is 1. The Bertz CT molecular complexity index is 2150. The molecular formula is C55H82N2O6Si2. The van der Waals surface area contributed by atoms with Crippen LogP contribution in [0.25, 0.3) is 21.5 Å². The van der Waals surface area contributed by atoms with Crippen molar-refractivity contribution in [1.82, 2.24) is 9.80 Å². The maximum atomic E-state index is 12.0. The van der Waals surface area contributed by atoms with Gasteiger partial charge in [0.15, 0.2) is 0 Å². The topological polar surface area (TPSA) is 88.5 Å². The van der Waals surface area contributed by atoms with E-state index >= 15 is 0 Å². The lowest BCUT2D eigenvalue weighted by Gasteiger charge is -2.35. The lowest BCUT2D eigenvalue weighted by Crippen LogP contribution is -2.36. The van der Waals surface area contributed by atoms with Crippen molar-refractivity contribution in [3.05, 3.63) is 83.9 Å². The zero-order chi connectivity index (χ0) is 45.4. The monoisotopic (exact) mass is 923 g/mol. The van der Waals surface area contributed by atoms with Gasteiger partial charge in [0.05, 0.1) is 30.7 Å². The Labute approximate surface area is 393 Å². The molecule has 0 bridgehead atoms. The highest BCUT2D eigenvalue weighted by Crippen LogP contribution is 2.40. The normalized spacial score (nSPS) is 22.9. The van der Waals surface area contributed by atoms with Crippen LogP contribution in [0.2, 0.25) is 50.4 Å². The second kappa shape index (κ2) is 22.9.